The second-order valence-electron chi connectivity index (χ2n) is 7.88. The molecule has 2 heterocycles. The maximum absolute atomic E-state index is 14.8. The predicted octanol–water partition coefficient (Wildman–Crippen LogP) is 3.97. The Morgan fingerprint density at radius 2 is 1.64 bits per heavy atom. The summed E-state index contributed by atoms with van der Waals surface area (Å²) >= 11 is 3.35. The quantitative estimate of drug-likeness (QED) is 0.447. The standard InChI is InChI=1S/C23H17BrF2N4O3/c1-28-18(31)11-17(27-13-7-5-12(24)6-8-13)19-21(28)30(20-15(25)3-2-4-16(20)26)23(33)29(22(19)32)14-9-10-14/h2-8,11,14,27H,9-10H2,1H3. The number of rotatable bonds is 4. The fourth-order valence-corrected chi connectivity index (χ4v) is 4.17. The van der Waals surface area contributed by atoms with Gasteiger partial charge in [0.2, 0.25) is 0 Å². The zero-order valence-corrected chi connectivity index (χ0v) is 18.9. The minimum atomic E-state index is -0.988. The fourth-order valence-electron chi connectivity index (χ4n) is 3.91. The molecule has 0 unspecified atom stereocenters. The van der Waals surface area contributed by atoms with Gasteiger partial charge < -0.3 is 5.32 Å². The van der Waals surface area contributed by atoms with Crippen molar-refractivity contribution in [2.24, 2.45) is 7.05 Å². The summed E-state index contributed by atoms with van der Waals surface area (Å²) in [6.45, 7) is 0. The van der Waals surface area contributed by atoms with Crippen molar-refractivity contribution in [1.29, 1.82) is 0 Å². The molecule has 0 bridgehead atoms. The van der Waals surface area contributed by atoms with Gasteiger partial charge >= 0.3 is 5.69 Å². The molecule has 1 aliphatic rings. The summed E-state index contributed by atoms with van der Waals surface area (Å²) in [4.78, 5) is 39.7. The highest BCUT2D eigenvalue weighted by molar-refractivity contribution is 9.10. The molecular weight excluding hydrogens is 498 g/mol. The molecular formula is C23H17BrF2N4O3. The Labute approximate surface area is 193 Å². The van der Waals surface area contributed by atoms with E-state index in [-0.39, 0.29) is 22.8 Å². The van der Waals surface area contributed by atoms with Gasteiger partial charge in [-0.05, 0) is 49.2 Å². The number of para-hydroxylation sites is 1. The number of anilines is 2. The minimum Gasteiger partial charge on any atom is -0.355 e. The maximum atomic E-state index is 14.8. The van der Waals surface area contributed by atoms with Crippen molar-refractivity contribution in [3.05, 3.63) is 95.8 Å². The van der Waals surface area contributed by atoms with E-state index in [1.54, 1.807) is 24.3 Å². The Morgan fingerprint density at radius 3 is 2.24 bits per heavy atom. The van der Waals surface area contributed by atoms with Crippen LogP contribution < -0.4 is 22.1 Å². The van der Waals surface area contributed by atoms with Crippen LogP contribution in [0.2, 0.25) is 0 Å². The van der Waals surface area contributed by atoms with E-state index in [4.69, 9.17) is 0 Å². The van der Waals surface area contributed by atoms with Crippen LogP contribution in [-0.4, -0.2) is 13.7 Å². The van der Waals surface area contributed by atoms with Crippen molar-refractivity contribution in [3.8, 4) is 5.69 Å². The molecule has 0 spiro atoms. The average Bonchev–Trinajstić information content (AvgIpc) is 3.60. The maximum Gasteiger partial charge on any atom is 0.337 e. The lowest BCUT2D eigenvalue weighted by atomic mass is 10.2. The van der Waals surface area contributed by atoms with Gasteiger partial charge in [-0.1, -0.05) is 22.0 Å². The number of nitrogens with one attached hydrogen (secondary N) is 1. The van der Waals surface area contributed by atoms with Gasteiger partial charge in [0.15, 0.2) is 0 Å². The first-order valence-electron chi connectivity index (χ1n) is 10.2. The van der Waals surface area contributed by atoms with Gasteiger partial charge in [0, 0.05) is 29.3 Å². The van der Waals surface area contributed by atoms with Gasteiger partial charge in [-0.15, -0.1) is 0 Å². The van der Waals surface area contributed by atoms with Crippen LogP contribution in [0.4, 0.5) is 20.2 Å². The number of halogens is 3. The SMILES string of the molecule is Cn1c(=O)cc(Nc2ccc(Br)cc2)c2c(=O)n(C3CC3)c(=O)n(-c3c(F)cccc3F)c21. The molecule has 0 radical (unpaired) electrons. The number of aryl methyl sites for hydroxylation is 1. The molecule has 1 N–H and O–H groups in total. The first kappa shape index (κ1) is 21.3. The average molecular weight is 515 g/mol. The highest BCUT2D eigenvalue weighted by atomic mass is 79.9. The van der Waals surface area contributed by atoms with E-state index in [2.05, 4.69) is 21.2 Å². The van der Waals surface area contributed by atoms with E-state index in [9.17, 15) is 23.2 Å². The molecule has 0 atom stereocenters. The van der Waals surface area contributed by atoms with Gasteiger partial charge in [0.1, 0.15) is 28.4 Å². The van der Waals surface area contributed by atoms with E-state index in [1.807, 2.05) is 0 Å². The number of hydrogen-bond acceptors (Lipinski definition) is 4. The van der Waals surface area contributed by atoms with E-state index < -0.39 is 34.1 Å². The highest BCUT2D eigenvalue weighted by Crippen LogP contribution is 2.34. The molecule has 2 aromatic heterocycles. The molecule has 1 fully saturated rings. The van der Waals surface area contributed by atoms with Crippen molar-refractivity contribution in [3.63, 3.8) is 0 Å². The third kappa shape index (κ3) is 3.50. The minimum absolute atomic E-state index is 0.0193. The van der Waals surface area contributed by atoms with Gasteiger partial charge in [-0.2, -0.15) is 0 Å². The summed E-state index contributed by atoms with van der Waals surface area (Å²) in [5.41, 5.74) is -2.19. The zero-order chi connectivity index (χ0) is 23.4. The Bertz CT molecular complexity index is 1580. The number of fused-ring (bicyclic) bond motifs is 1. The molecule has 168 valence electrons. The second kappa shape index (κ2) is 7.80. The molecule has 1 saturated carbocycles. The van der Waals surface area contributed by atoms with E-state index in [0.717, 1.165) is 30.3 Å². The number of hydrogen-bond donors (Lipinski definition) is 1. The molecule has 2 aromatic carbocycles. The largest absolute Gasteiger partial charge is 0.355 e. The van der Waals surface area contributed by atoms with Crippen LogP contribution >= 0.6 is 15.9 Å². The normalized spacial score (nSPS) is 13.5. The van der Waals surface area contributed by atoms with Crippen LogP contribution in [0, 0.1) is 11.6 Å². The molecule has 0 amide bonds. The molecule has 1 aliphatic carbocycles. The Morgan fingerprint density at radius 1 is 1.00 bits per heavy atom. The third-order valence-corrected chi connectivity index (χ3v) is 6.18. The van der Waals surface area contributed by atoms with Crippen LogP contribution in [0.5, 0.6) is 0 Å². The molecule has 4 aromatic rings. The molecule has 10 heteroatoms. The summed E-state index contributed by atoms with van der Waals surface area (Å²) in [6, 6.07) is 11.1. The van der Waals surface area contributed by atoms with Gasteiger partial charge in [0.05, 0.1) is 5.69 Å². The lowest BCUT2D eigenvalue weighted by Crippen LogP contribution is -2.42. The first-order chi connectivity index (χ1) is 15.8. The van der Waals surface area contributed by atoms with Gasteiger partial charge in [0.25, 0.3) is 11.1 Å². The topological polar surface area (TPSA) is 78.0 Å². The number of aromatic nitrogens is 3. The molecule has 5 rings (SSSR count). The lowest BCUT2D eigenvalue weighted by molar-refractivity contribution is 0.554. The lowest BCUT2D eigenvalue weighted by Gasteiger charge is -2.19. The van der Waals surface area contributed by atoms with Crippen LogP contribution in [0.25, 0.3) is 16.7 Å². The smallest absolute Gasteiger partial charge is 0.337 e. The number of pyridine rings is 1. The summed E-state index contributed by atoms with van der Waals surface area (Å²) < 4.78 is 33.3. The van der Waals surface area contributed by atoms with Crippen LogP contribution in [0.1, 0.15) is 18.9 Å². The second-order valence-corrected chi connectivity index (χ2v) is 8.80. The Kier molecular flexibility index (Phi) is 5.04. The van der Waals surface area contributed by atoms with Gasteiger partial charge in [-0.3, -0.25) is 18.7 Å². The van der Waals surface area contributed by atoms with Crippen molar-refractivity contribution in [2.45, 2.75) is 18.9 Å². The Balaban J connectivity index is 1.94. The number of nitrogens with zero attached hydrogens (tertiary/aromatic N) is 3. The molecule has 7 nitrogen and oxygen atoms in total. The van der Waals surface area contributed by atoms with Crippen molar-refractivity contribution in [1.82, 2.24) is 13.7 Å². The summed E-state index contributed by atoms with van der Waals surface area (Å²) in [5, 5.41) is 3.03. The summed E-state index contributed by atoms with van der Waals surface area (Å²) in [7, 11) is 1.35. The van der Waals surface area contributed by atoms with Crippen molar-refractivity contribution < 1.29 is 8.78 Å². The predicted molar refractivity (Wildman–Crippen MR) is 125 cm³/mol. The summed E-state index contributed by atoms with van der Waals surface area (Å²) in [5.74, 6) is -1.98. The number of benzene rings is 2. The van der Waals surface area contributed by atoms with Gasteiger partial charge in [-0.25, -0.2) is 18.1 Å². The van der Waals surface area contributed by atoms with E-state index in [1.165, 1.54) is 19.2 Å². The zero-order valence-electron chi connectivity index (χ0n) is 17.3. The van der Waals surface area contributed by atoms with E-state index in [0.29, 0.717) is 18.5 Å². The monoisotopic (exact) mass is 514 g/mol. The molecule has 0 saturated heterocycles. The van der Waals surface area contributed by atoms with Crippen LogP contribution in [0.3, 0.4) is 0 Å². The highest BCUT2D eigenvalue weighted by Gasteiger charge is 2.32. The van der Waals surface area contributed by atoms with Crippen LogP contribution in [-0.2, 0) is 7.05 Å². The van der Waals surface area contributed by atoms with Crippen LogP contribution in [0.15, 0.2) is 67.4 Å². The molecule has 33 heavy (non-hydrogen) atoms. The fraction of sp³-hybridized carbons (Fsp3) is 0.174. The van der Waals surface area contributed by atoms with E-state index >= 15 is 0 Å². The molecule has 0 aliphatic heterocycles. The first-order valence-corrected chi connectivity index (χ1v) is 11.0. The summed E-state index contributed by atoms with van der Waals surface area (Å²) in [6.07, 6.45) is 1.20. The van der Waals surface area contributed by atoms with Crippen molar-refractivity contribution >= 4 is 38.3 Å². The van der Waals surface area contributed by atoms with Crippen molar-refractivity contribution in [2.75, 3.05) is 5.32 Å². The Hall–Kier alpha value is -3.53. The third-order valence-electron chi connectivity index (χ3n) is 5.65.